The van der Waals surface area contributed by atoms with Crippen molar-refractivity contribution in [3.63, 3.8) is 0 Å². The molecule has 156 valence electrons. The number of hydrogen-bond donors (Lipinski definition) is 2. The van der Waals surface area contributed by atoms with Gasteiger partial charge in [0, 0.05) is 6.07 Å². The van der Waals surface area contributed by atoms with E-state index in [-0.39, 0.29) is 22.1 Å². The van der Waals surface area contributed by atoms with E-state index in [1.54, 1.807) is 0 Å². The summed E-state index contributed by atoms with van der Waals surface area (Å²) in [7, 11) is -2.25. The van der Waals surface area contributed by atoms with Crippen LogP contribution in [0.2, 0.25) is 0 Å². The van der Waals surface area contributed by atoms with Crippen LogP contribution < -0.4 is 10.1 Å². The molecule has 0 saturated heterocycles. The van der Waals surface area contributed by atoms with E-state index in [0.717, 1.165) is 24.0 Å². The van der Waals surface area contributed by atoms with Gasteiger partial charge < -0.3 is 9.84 Å². The minimum absolute atomic E-state index is 0.0828. The van der Waals surface area contributed by atoms with Crippen LogP contribution in [0.1, 0.15) is 50.3 Å². The molecule has 29 heavy (non-hydrogen) atoms. The number of benzene rings is 2. The highest BCUT2D eigenvalue weighted by molar-refractivity contribution is 7.91. The molecule has 0 amide bonds. The van der Waals surface area contributed by atoms with Gasteiger partial charge in [0.1, 0.15) is 0 Å². The molecule has 1 heterocycles. The van der Waals surface area contributed by atoms with Crippen LogP contribution >= 0.6 is 0 Å². The summed E-state index contributed by atoms with van der Waals surface area (Å²) in [4.78, 5) is 0.188. The zero-order valence-corrected chi connectivity index (χ0v) is 18.1. The van der Waals surface area contributed by atoms with Gasteiger partial charge in [0.25, 0.3) is 0 Å². The van der Waals surface area contributed by atoms with Crippen LogP contribution in [0.25, 0.3) is 0 Å². The van der Waals surface area contributed by atoms with E-state index < -0.39 is 21.4 Å². The lowest BCUT2D eigenvalue weighted by Gasteiger charge is -2.37. The molecule has 2 unspecified atom stereocenters. The average molecular weight is 416 g/mol. The lowest BCUT2D eigenvalue weighted by Crippen LogP contribution is -2.51. The molecule has 6 heteroatoms. The van der Waals surface area contributed by atoms with Crippen molar-refractivity contribution in [1.82, 2.24) is 5.32 Å². The summed E-state index contributed by atoms with van der Waals surface area (Å²) in [6, 6.07) is 12.2. The Morgan fingerprint density at radius 2 is 2.00 bits per heavy atom. The number of unbranched alkanes of at least 4 members (excludes halogenated alkanes) is 1. The minimum atomic E-state index is -3.67. The second-order valence-electron chi connectivity index (χ2n) is 7.77. The molecule has 2 atom stereocenters. The maximum atomic E-state index is 13.5. The van der Waals surface area contributed by atoms with E-state index in [0.29, 0.717) is 12.0 Å². The molecule has 3 rings (SSSR count). The summed E-state index contributed by atoms with van der Waals surface area (Å²) in [6.07, 6.45) is 2.49. The highest BCUT2D eigenvalue weighted by atomic mass is 32.2. The van der Waals surface area contributed by atoms with Crippen LogP contribution in [0.15, 0.2) is 59.5 Å². The maximum absolute atomic E-state index is 13.5. The predicted octanol–water partition coefficient (Wildman–Crippen LogP) is 4.37. The van der Waals surface area contributed by atoms with E-state index in [9.17, 15) is 13.5 Å². The number of fused-ring (bicyclic) bond motifs is 1. The Kier molecular flexibility index (Phi) is 6.05. The first kappa shape index (κ1) is 21.4. The van der Waals surface area contributed by atoms with Crippen molar-refractivity contribution in [2.75, 3.05) is 12.9 Å². The standard InChI is InChI=1S/C23H29NO4S/c1-5-6-12-23(16(2)3)15-29(26,27)21-14-20(28-4)19(25)13-18(21)22(24-23)17-10-8-7-9-11-17/h7-11,13-14,22,24-25H,2,5-6,12,15H2,1,3-4H3. The van der Waals surface area contributed by atoms with Gasteiger partial charge in [-0.15, -0.1) is 0 Å². The number of methoxy groups -OCH3 is 1. The number of phenolic OH excluding ortho intramolecular Hbond substituents is 1. The van der Waals surface area contributed by atoms with Crippen LogP contribution in [0.4, 0.5) is 0 Å². The highest BCUT2D eigenvalue weighted by Gasteiger charge is 2.43. The quantitative estimate of drug-likeness (QED) is 0.685. The summed E-state index contributed by atoms with van der Waals surface area (Å²) >= 11 is 0. The van der Waals surface area contributed by atoms with Gasteiger partial charge in [-0.3, -0.25) is 5.32 Å². The Balaban J connectivity index is 2.30. The molecular weight excluding hydrogens is 386 g/mol. The Bertz CT molecular complexity index is 1000. The van der Waals surface area contributed by atoms with E-state index in [4.69, 9.17) is 4.74 Å². The van der Waals surface area contributed by atoms with E-state index in [2.05, 4.69) is 18.8 Å². The van der Waals surface area contributed by atoms with Crippen molar-refractivity contribution in [2.24, 2.45) is 0 Å². The number of aromatic hydroxyl groups is 1. The van der Waals surface area contributed by atoms with Crippen LogP contribution in [-0.2, 0) is 9.84 Å². The van der Waals surface area contributed by atoms with Crippen LogP contribution in [0, 0.1) is 0 Å². The first-order chi connectivity index (χ1) is 13.7. The molecule has 1 aliphatic rings. The monoisotopic (exact) mass is 415 g/mol. The highest BCUT2D eigenvalue weighted by Crippen LogP contribution is 2.43. The topological polar surface area (TPSA) is 75.6 Å². The average Bonchev–Trinajstić information content (AvgIpc) is 2.79. The number of ether oxygens (including phenoxy) is 1. The van der Waals surface area contributed by atoms with E-state index in [1.807, 2.05) is 37.3 Å². The van der Waals surface area contributed by atoms with Gasteiger partial charge in [0.05, 0.1) is 29.3 Å². The Morgan fingerprint density at radius 1 is 1.31 bits per heavy atom. The van der Waals surface area contributed by atoms with Crippen LogP contribution in [0.3, 0.4) is 0 Å². The molecule has 2 aromatic carbocycles. The molecule has 0 fully saturated rings. The Hall–Kier alpha value is -2.31. The van der Waals surface area contributed by atoms with Gasteiger partial charge in [0.2, 0.25) is 0 Å². The van der Waals surface area contributed by atoms with E-state index >= 15 is 0 Å². The summed E-state index contributed by atoms with van der Waals surface area (Å²) < 4.78 is 32.2. The van der Waals surface area contributed by atoms with Crippen molar-refractivity contribution in [3.05, 3.63) is 65.7 Å². The fraction of sp³-hybridized carbons (Fsp3) is 0.391. The number of rotatable bonds is 6. The van der Waals surface area contributed by atoms with Crippen molar-refractivity contribution >= 4 is 9.84 Å². The fourth-order valence-electron chi connectivity index (χ4n) is 4.01. The molecule has 5 nitrogen and oxygen atoms in total. The third-order valence-electron chi connectivity index (χ3n) is 5.72. The van der Waals surface area contributed by atoms with Gasteiger partial charge in [-0.1, -0.05) is 62.2 Å². The van der Waals surface area contributed by atoms with Crippen molar-refractivity contribution in [1.29, 1.82) is 0 Å². The zero-order chi connectivity index (χ0) is 21.2. The normalized spacial score (nSPS) is 23.1. The zero-order valence-electron chi connectivity index (χ0n) is 17.2. The third kappa shape index (κ3) is 4.05. The largest absolute Gasteiger partial charge is 0.504 e. The van der Waals surface area contributed by atoms with Crippen LogP contribution in [-0.4, -0.2) is 31.9 Å². The number of sulfone groups is 1. The summed E-state index contributed by atoms with van der Waals surface area (Å²) in [5.41, 5.74) is 1.48. The first-order valence-electron chi connectivity index (χ1n) is 9.86. The molecule has 2 aromatic rings. The molecule has 0 aliphatic carbocycles. The Morgan fingerprint density at radius 3 is 2.59 bits per heavy atom. The third-order valence-corrected chi connectivity index (χ3v) is 7.62. The first-order valence-corrected chi connectivity index (χ1v) is 11.5. The molecule has 0 spiro atoms. The summed E-state index contributed by atoms with van der Waals surface area (Å²) in [5.74, 6) is -0.0179. The summed E-state index contributed by atoms with van der Waals surface area (Å²) in [6.45, 7) is 8.12. The molecule has 0 bridgehead atoms. The lowest BCUT2D eigenvalue weighted by atomic mass is 9.85. The van der Waals surface area contributed by atoms with Gasteiger partial charge in [-0.05, 0) is 30.5 Å². The number of hydrogen-bond acceptors (Lipinski definition) is 5. The Labute approximate surface area is 173 Å². The maximum Gasteiger partial charge on any atom is 0.181 e. The van der Waals surface area contributed by atoms with Gasteiger partial charge in [-0.25, -0.2) is 8.42 Å². The predicted molar refractivity (Wildman–Crippen MR) is 115 cm³/mol. The van der Waals surface area contributed by atoms with Gasteiger partial charge >= 0.3 is 0 Å². The van der Waals surface area contributed by atoms with Crippen molar-refractivity contribution < 1.29 is 18.3 Å². The second-order valence-corrected chi connectivity index (χ2v) is 9.73. The molecule has 0 radical (unpaired) electrons. The SMILES string of the molecule is C=C(C)C1(CCCC)CS(=O)(=O)c2cc(OC)c(O)cc2C(c2ccccc2)N1. The van der Waals surface area contributed by atoms with Gasteiger partial charge in [0.15, 0.2) is 21.3 Å². The molecule has 1 aliphatic heterocycles. The van der Waals surface area contributed by atoms with Crippen LogP contribution in [0.5, 0.6) is 11.5 Å². The second kappa shape index (κ2) is 8.20. The number of nitrogens with one attached hydrogen (secondary N) is 1. The fourth-order valence-corrected chi connectivity index (χ4v) is 6.11. The number of phenols is 1. The van der Waals surface area contributed by atoms with Crippen molar-refractivity contribution in [2.45, 2.75) is 49.6 Å². The van der Waals surface area contributed by atoms with Crippen molar-refractivity contribution in [3.8, 4) is 11.5 Å². The smallest absolute Gasteiger partial charge is 0.181 e. The molecule has 0 saturated carbocycles. The molecule has 0 aromatic heterocycles. The van der Waals surface area contributed by atoms with Gasteiger partial charge in [-0.2, -0.15) is 0 Å². The summed E-state index contributed by atoms with van der Waals surface area (Å²) in [5, 5.41) is 14.0. The molecular formula is C23H29NO4S. The van der Waals surface area contributed by atoms with E-state index in [1.165, 1.54) is 19.2 Å². The molecule has 2 N–H and O–H groups in total. The minimum Gasteiger partial charge on any atom is -0.504 e. The lowest BCUT2D eigenvalue weighted by molar-refractivity contribution is 0.351.